The van der Waals surface area contributed by atoms with E-state index in [9.17, 15) is 9.18 Å². The third kappa shape index (κ3) is 5.14. The third-order valence-electron chi connectivity index (χ3n) is 5.59. The second kappa shape index (κ2) is 10.2. The molecule has 0 bridgehead atoms. The first-order valence-electron chi connectivity index (χ1n) is 11.2. The zero-order valence-corrected chi connectivity index (χ0v) is 19.8. The minimum absolute atomic E-state index is 0.169. The molecule has 0 spiro atoms. The molecule has 0 saturated heterocycles. The molecule has 0 radical (unpaired) electrons. The topological polar surface area (TPSA) is 78.3 Å². The number of amides is 1. The second-order valence-corrected chi connectivity index (χ2v) is 9.30. The predicted octanol–water partition coefficient (Wildman–Crippen LogP) is 5.17. The fourth-order valence-electron chi connectivity index (χ4n) is 3.73. The van der Waals surface area contributed by atoms with Crippen molar-refractivity contribution in [2.45, 2.75) is 30.3 Å². The van der Waals surface area contributed by atoms with Gasteiger partial charge in [-0.15, -0.1) is 10.2 Å². The van der Waals surface area contributed by atoms with E-state index < -0.39 is 5.25 Å². The van der Waals surface area contributed by atoms with E-state index in [2.05, 4.69) is 15.5 Å². The molecule has 1 aliphatic rings. The molecule has 1 atom stereocenters. The van der Waals surface area contributed by atoms with Crippen LogP contribution in [0.5, 0.6) is 11.5 Å². The van der Waals surface area contributed by atoms with Gasteiger partial charge < -0.3 is 19.4 Å². The fraction of sp³-hybridized carbons (Fsp3) is 0.192. The molecule has 1 amide bonds. The zero-order chi connectivity index (χ0) is 24.2. The van der Waals surface area contributed by atoms with Gasteiger partial charge in [-0.1, -0.05) is 54.2 Å². The summed E-state index contributed by atoms with van der Waals surface area (Å²) in [5.74, 6) is 1.12. The highest BCUT2D eigenvalue weighted by molar-refractivity contribution is 8.00. The highest BCUT2D eigenvalue weighted by Crippen LogP contribution is 2.35. The van der Waals surface area contributed by atoms with Crippen LogP contribution in [0, 0.1) is 5.82 Å². The van der Waals surface area contributed by atoms with Crippen LogP contribution in [0.4, 0.5) is 10.1 Å². The van der Waals surface area contributed by atoms with Crippen LogP contribution in [0.15, 0.2) is 78.0 Å². The summed E-state index contributed by atoms with van der Waals surface area (Å²) in [5.41, 5.74) is 2.13. The molecular formula is C26H23FN4O3S. The van der Waals surface area contributed by atoms with Crippen molar-refractivity contribution >= 4 is 23.4 Å². The highest BCUT2D eigenvalue weighted by atomic mass is 32.2. The van der Waals surface area contributed by atoms with Gasteiger partial charge in [0.05, 0.1) is 10.8 Å². The number of ether oxygens (including phenoxy) is 2. The van der Waals surface area contributed by atoms with E-state index >= 15 is 0 Å². The Labute approximate surface area is 206 Å². The number of rotatable bonds is 8. The molecule has 2 heterocycles. The third-order valence-corrected chi connectivity index (χ3v) is 6.67. The molecule has 1 unspecified atom stereocenters. The van der Waals surface area contributed by atoms with E-state index in [0.29, 0.717) is 46.7 Å². The molecule has 4 aromatic rings. The number of aryl methyl sites for hydroxylation is 1. The molecule has 5 rings (SSSR count). The summed E-state index contributed by atoms with van der Waals surface area (Å²) in [6.45, 7) is 2.51. The molecule has 7 nitrogen and oxygen atoms in total. The van der Waals surface area contributed by atoms with Crippen LogP contribution in [0.1, 0.15) is 12.5 Å². The lowest BCUT2D eigenvalue weighted by molar-refractivity contribution is -0.115. The van der Waals surface area contributed by atoms with Gasteiger partial charge in [0.1, 0.15) is 5.82 Å². The first-order valence-corrected chi connectivity index (χ1v) is 12.1. The van der Waals surface area contributed by atoms with Crippen molar-refractivity contribution in [1.82, 2.24) is 14.8 Å². The van der Waals surface area contributed by atoms with E-state index in [1.54, 1.807) is 43.3 Å². The maximum absolute atomic E-state index is 14.6. The van der Waals surface area contributed by atoms with Crippen LogP contribution >= 0.6 is 11.8 Å². The maximum Gasteiger partial charge on any atom is 0.237 e. The summed E-state index contributed by atoms with van der Waals surface area (Å²) in [6.07, 6.45) is 0.714. The number of benzene rings is 3. The van der Waals surface area contributed by atoms with Gasteiger partial charge in [0, 0.05) is 18.3 Å². The van der Waals surface area contributed by atoms with Crippen molar-refractivity contribution < 1.29 is 18.7 Å². The summed E-state index contributed by atoms with van der Waals surface area (Å²) in [6, 6.07) is 21.8. The van der Waals surface area contributed by atoms with Crippen molar-refractivity contribution in [3.05, 3.63) is 84.2 Å². The van der Waals surface area contributed by atoms with Gasteiger partial charge in [0.25, 0.3) is 0 Å². The standard InChI is InChI=1S/C26H23FN4O3S/c1-17(25(32)28-19-11-12-22-23(15-19)34-16-33-22)35-26-30-29-24(20-9-5-6-10-21(20)27)31(26)14-13-18-7-3-2-4-8-18/h2-12,15,17H,13-14,16H2,1H3,(H,28,32). The summed E-state index contributed by atoms with van der Waals surface area (Å²) in [7, 11) is 0. The average Bonchev–Trinajstić information content (AvgIpc) is 3.50. The Bertz CT molecular complexity index is 1350. The molecule has 1 aromatic heterocycles. The second-order valence-electron chi connectivity index (χ2n) is 7.99. The number of thioether (sulfide) groups is 1. The summed E-state index contributed by atoms with van der Waals surface area (Å²) in [5, 5.41) is 11.6. The number of carbonyl (C=O) groups excluding carboxylic acids is 1. The van der Waals surface area contributed by atoms with Gasteiger partial charge in [-0.2, -0.15) is 0 Å². The van der Waals surface area contributed by atoms with Crippen molar-refractivity contribution in [1.29, 1.82) is 0 Å². The fourth-order valence-corrected chi connectivity index (χ4v) is 4.61. The highest BCUT2D eigenvalue weighted by Gasteiger charge is 2.23. The zero-order valence-electron chi connectivity index (χ0n) is 19.0. The van der Waals surface area contributed by atoms with Gasteiger partial charge in [0.15, 0.2) is 22.5 Å². The Hall–Kier alpha value is -3.85. The molecule has 0 aliphatic carbocycles. The Balaban J connectivity index is 1.36. The number of anilines is 1. The number of hydrogen-bond acceptors (Lipinski definition) is 6. The van der Waals surface area contributed by atoms with Gasteiger partial charge in [0.2, 0.25) is 12.7 Å². The molecular weight excluding hydrogens is 467 g/mol. The number of fused-ring (bicyclic) bond motifs is 1. The number of halogens is 1. The Morgan fingerprint density at radius 2 is 1.83 bits per heavy atom. The monoisotopic (exact) mass is 490 g/mol. The Morgan fingerprint density at radius 1 is 1.06 bits per heavy atom. The van der Waals surface area contributed by atoms with Crippen molar-refractivity contribution in [3.63, 3.8) is 0 Å². The molecule has 3 aromatic carbocycles. The number of hydrogen-bond donors (Lipinski definition) is 1. The van der Waals surface area contributed by atoms with Crippen LogP contribution in [-0.4, -0.2) is 32.7 Å². The number of nitrogens with zero attached hydrogens (tertiary/aromatic N) is 3. The molecule has 9 heteroatoms. The smallest absolute Gasteiger partial charge is 0.237 e. The van der Waals surface area contributed by atoms with Gasteiger partial charge >= 0.3 is 0 Å². The van der Waals surface area contributed by atoms with Crippen LogP contribution in [0.2, 0.25) is 0 Å². The number of aromatic nitrogens is 3. The van der Waals surface area contributed by atoms with Gasteiger partial charge in [-0.25, -0.2) is 4.39 Å². The summed E-state index contributed by atoms with van der Waals surface area (Å²) >= 11 is 1.28. The minimum atomic E-state index is -0.478. The van der Waals surface area contributed by atoms with E-state index in [-0.39, 0.29) is 18.5 Å². The van der Waals surface area contributed by atoms with Gasteiger partial charge in [-0.05, 0) is 43.2 Å². The lowest BCUT2D eigenvalue weighted by Gasteiger charge is -2.14. The molecule has 1 aliphatic heterocycles. The minimum Gasteiger partial charge on any atom is -0.454 e. The van der Waals surface area contributed by atoms with Gasteiger partial charge in [-0.3, -0.25) is 4.79 Å². The van der Waals surface area contributed by atoms with Crippen molar-refractivity contribution in [2.24, 2.45) is 0 Å². The SMILES string of the molecule is CC(Sc1nnc(-c2ccccc2F)n1CCc1ccccc1)C(=O)Nc1ccc2c(c1)OCO2. The molecule has 35 heavy (non-hydrogen) atoms. The Morgan fingerprint density at radius 3 is 2.66 bits per heavy atom. The normalized spacial score (nSPS) is 13.0. The molecule has 178 valence electrons. The number of carbonyl (C=O) groups is 1. The van der Waals surface area contributed by atoms with Crippen molar-refractivity contribution in [3.8, 4) is 22.9 Å². The molecule has 1 N–H and O–H groups in total. The van der Waals surface area contributed by atoms with E-state index in [1.807, 2.05) is 34.9 Å². The number of nitrogens with one attached hydrogen (secondary N) is 1. The molecule has 0 saturated carbocycles. The first-order chi connectivity index (χ1) is 17.1. The first kappa shape index (κ1) is 22.9. The summed E-state index contributed by atoms with van der Waals surface area (Å²) < 4.78 is 27.2. The van der Waals surface area contributed by atoms with Crippen LogP contribution in [0.25, 0.3) is 11.4 Å². The lowest BCUT2D eigenvalue weighted by atomic mass is 10.1. The quantitative estimate of drug-likeness (QED) is 0.343. The maximum atomic E-state index is 14.6. The molecule has 0 fully saturated rings. The van der Waals surface area contributed by atoms with Crippen LogP contribution < -0.4 is 14.8 Å². The average molecular weight is 491 g/mol. The van der Waals surface area contributed by atoms with Crippen LogP contribution in [-0.2, 0) is 17.8 Å². The lowest BCUT2D eigenvalue weighted by Crippen LogP contribution is -2.23. The summed E-state index contributed by atoms with van der Waals surface area (Å²) in [4.78, 5) is 12.9. The van der Waals surface area contributed by atoms with Crippen LogP contribution in [0.3, 0.4) is 0 Å². The van der Waals surface area contributed by atoms with E-state index in [4.69, 9.17) is 9.47 Å². The van der Waals surface area contributed by atoms with E-state index in [0.717, 1.165) is 5.56 Å². The van der Waals surface area contributed by atoms with E-state index in [1.165, 1.54) is 17.8 Å². The van der Waals surface area contributed by atoms with Crippen molar-refractivity contribution in [2.75, 3.05) is 12.1 Å². The largest absolute Gasteiger partial charge is 0.454 e. The predicted molar refractivity (Wildman–Crippen MR) is 132 cm³/mol. The Kier molecular flexibility index (Phi) is 6.67.